The van der Waals surface area contributed by atoms with E-state index in [9.17, 15) is 4.79 Å². The van der Waals surface area contributed by atoms with Crippen molar-refractivity contribution in [1.82, 2.24) is 9.88 Å². The van der Waals surface area contributed by atoms with Crippen molar-refractivity contribution in [3.05, 3.63) is 23.5 Å². The Bertz CT molecular complexity index is 324. The highest BCUT2D eigenvalue weighted by Crippen LogP contribution is 2.11. The van der Waals surface area contributed by atoms with E-state index in [1.807, 2.05) is 10.6 Å². The van der Waals surface area contributed by atoms with Gasteiger partial charge in [0, 0.05) is 25.3 Å². The van der Waals surface area contributed by atoms with Gasteiger partial charge in [0.1, 0.15) is 5.69 Å². The Kier molecular flexibility index (Phi) is 4.97. The van der Waals surface area contributed by atoms with Crippen molar-refractivity contribution in [2.45, 2.75) is 13.1 Å². The summed E-state index contributed by atoms with van der Waals surface area (Å²) < 4.78 is 1.97. The van der Waals surface area contributed by atoms with E-state index in [1.54, 1.807) is 6.07 Å². The maximum atomic E-state index is 10.9. The molecule has 4 nitrogen and oxygen atoms in total. The van der Waals surface area contributed by atoms with Gasteiger partial charge in [-0.3, -0.25) is 4.79 Å². The quantitative estimate of drug-likeness (QED) is 0.749. The lowest BCUT2D eigenvalue weighted by atomic mass is 10.3. The summed E-state index contributed by atoms with van der Waals surface area (Å²) in [5, 5.41) is 3.22. The minimum absolute atomic E-state index is 0. The van der Waals surface area contributed by atoms with Crippen LogP contribution in [0.1, 0.15) is 16.2 Å². The number of primary amides is 1. The number of hydrogen-bond acceptors (Lipinski definition) is 2. The van der Waals surface area contributed by atoms with Gasteiger partial charge in [-0.2, -0.15) is 0 Å². The Morgan fingerprint density at radius 3 is 2.79 bits per heavy atom. The third kappa shape index (κ3) is 2.20. The van der Waals surface area contributed by atoms with Crippen LogP contribution in [-0.2, 0) is 13.1 Å². The van der Waals surface area contributed by atoms with Crippen molar-refractivity contribution >= 4 is 30.7 Å². The van der Waals surface area contributed by atoms with E-state index in [-0.39, 0.29) is 30.7 Å². The van der Waals surface area contributed by atoms with Crippen LogP contribution in [0.5, 0.6) is 0 Å². The fourth-order valence-electron chi connectivity index (χ4n) is 1.55. The fraction of sp³-hybridized carbons (Fsp3) is 0.375. The summed E-state index contributed by atoms with van der Waals surface area (Å²) in [5.41, 5.74) is 6.95. The largest absolute Gasteiger partial charge is 0.364 e. The molecule has 80 valence electrons. The molecule has 2 heterocycles. The van der Waals surface area contributed by atoms with Crippen LogP contribution in [0.25, 0.3) is 0 Å². The molecule has 3 N–H and O–H groups in total. The molecule has 1 aromatic rings. The Balaban J connectivity index is 0.000000845. The monoisotopic (exact) mass is 237 g/mol. The van der Waals surface area contributed by atoms with Crippen LogP contribution < -0.4 is 11.1 Å². The molecule has 1 amide bonds. The summed E-state index contributed by atoms with van der Waals surface area (Å²) in [6, 6.07) is 3.72. The molecule has 0 spiro atoms. The molecule has 0 radical (unpaired) electrons. The van der Waals surface area contributed by atoms with Crippen molar-refractivity contribution in [3.63, 3.8) is 0 Å². The molecule has 0 unspecified atom stereocenters. The number of nitrogens with one attached hydrogen (secondary N) is 1. The topological polar surface area (TPSA) is 60.1 Å². The van der Waals surface area contributed by atoms with Crippen molar-refractivity contribution in [2.75, 3.05) is 6.54 Å². The van der Waals surface area contributed by atoms with Gasteiger partial charge in [0.15, 0.2) is 0 Å². The standard InChI is InChI=1S/C8H11N3O.2ClH/c9-8(12)7-2-1-6-5-10-3-4-11(6)7;;/h1-2,10H,3-5H2,(H2,9,12);2*1H. The van der Waals surface area contributed by atoms with Crippen LogP contribution >= 0.6 is 24.8 Å². The smallest absolute Gasteiger partial charge is 0.265 e. The van der Waals surface area contributed by atoms with Gasteiger partial charge in [-0.05, 0) is 12.1 Å². The lowest BCUT2D eigenvalue weighted by Gasteiger charge is -2.17. The minimum Gasteiger partial charge on any atom is -0.364 e. The number of halogens is 2. The number of amides is 1. The van der Waals surface area contributed by atoms with Crippen molar-refractivity contribution in [3.8, 4) is 0 Å². The second-order valence-corrected chi connectivity index (χ2v) is 2.90. The van der Waals surface area contributed by atoms with Gasteiger partial charge in [-0.25, -0.2) is 0 Å². The number of aromatic nitrogens is 1. The molecule has 6 heteroatoms. The highest BCUT2D eigenvalue weighted by Gasteiger charge is 2.14. The number of fused-ring (bicyclic) bond motifs is 1. The van der Waals surface area contributed by atoms with Crippen molar-refractivity contribution in [2.24, 2.45) is 5.73 Å². The minimum atomic E-state index is -0.344. The predicted octanol–water partition coefficient (Wildman–Crippen LogP) is 0.534. The zero-order valence-corrected chi connectivity index (χ0v) is 9.16. The Labute approximate surface area is 94.7 Å². The van der Waals surface area contributed by atoms with Gasteiger partial charge in [-0.1, -0.05) is 0 Å². The third-order valence-corrected chi connectivity index (χ3v) is 2.14. The van der Waals surface area contributed by atoms with Crippen LogP contribution in [-0.4, -0.2) is 17.0 Å². The molecular weight excluding hydrogens is 225 g/mol. The SMILES string of the molecule is Cl.Cl.NC(=O)c1ccc2n1CCNC2. The summed E-state index contributed by atoms with van der Waals surface area (Å²) in [6.45, 7) is 2.57. The van der Waals surface area contributed by atoms with Crippen molar-refractivity contribution < 1.29 is 4.79 Å². The summed E-state index contributed by atoms with van der Waals surface area (Å²) in [7, 11) is 0. The molecule has 0 atom stereocenters. The molecule has 1 aliphatic heterocycles. The molecule has 1 aliphatic rings. The lowest BCUT2D eigenvalue weighted by Crippen LogP contribution is -2.30. The fourth-order valence-corrected chi connectivity index (χ4v) is 1.55. The summed E-state index contributed by atoms with van der Waals surface area (Å²) in [6.07, 6.45) is 0. The third-order valence-electron chi connectivity index (χ3n) is 2.14. The first kappa shape index (κ1) is 13.3. The molecule has 1 aromatic heterocycles. The van der Waals surface area contributed by atoms with E-state index in [2.05, 4.69) is 5.32 Å². The van der Waals surface area contributed by atoms with Crippen LogP contribution in [0.2, 0.25) is 0 Å². The van der Waals surface area contributed by atoms with Crippen LogP contribution in [0.15, 0.2) is 12.1 Å². The van der Waals surface area contributed by atoms with Gasteiger partial charge >= 0.3 is 0 Å². The molecule has 0 bridgehead atoms. The maximum absolute atomic E-state index is 10.9. The number of nitrogens with zero attached hydrogens (tertiary/aromatic N) is 1. The molecule has 0 aliphatic carbocycles. The molecule has 0 fully saturated rings. The first-order valence-corrected chi connectivity index (χ1v) is 3.98. The Morgan fingerprint density at radius 2 is 2.14 bits per heavy atom. The van der Waals surface area contributed by atoms with E-state index in [1.165, 1.54) is 0 Å². The number of nitrogens with two attached hydrogens (primary N) is 1. The molecule has 0 saturated heterocycles. The highest BCUT2D eigenvalue weighted by molar-refractivity contribution is 5.91. The van der Waals surface area contributed by atoms with Crippen LogP contribution in [0.3, 0.4) is 0 Å². The van der Waals surface area contributed by atoms with E-state index in [0.29, 0.717) is 5.69 Å². The average Bonchev–Trinajstić information content (AvgIpc) is 2.47. The van der Waals surface area contributed by atoms with Gasteiger partial charge in [0.25, 0.3) is 5.91 Å². The highest BCUT2D eigenvalue weighted by atomic mass is 35.5. The summed E-state index contributed by atoms with van der Waals surface area (Å²) in [5.74, 6) is -0.344. The van der Waals surface area contributed by atoms with Crippen LogP contribution in [0, 0.1) is 0 Å². The molecule has 2 rings (SSSR count). The van der Waals surface area contributed by atoms with E-state index in [0.717, 1.165) is 25.3 Å². The molecular formula is C8H13Cl2N3O. The maximum Gasteiger partial charge on any atom is 0.265 e. The molecule has 14 heavy (non-hydrogen) atoms. The van der Waals surface area contributed by atoms with Gasteiger partial charge in [0.2, 0.25) is 0 Å². The van der Waals surface area contributed by atoms with Crippen LogP contribution in [0.4, 0.5) is 0 Å². The molecule has 0 saturated carbocycles. The van der Waals surface area contributed by atoms with Gasteiger partial charge in [-0.15, -0.1) is 24.8 Å². The second kappa shape index (κ2) is 5.24. The normalized spacial score (nSPS) is 13.4. The first-order valence-electron chi connectivity index (χ1n) is 3.98. The van der Waals surface area contributed by atoms with Gasteiger partial charge < -0.3 is 15.6 Å². The Morgan fingerprint density at radius 1 is 1.43 bits per heavy atom. The Hall–Kier alpha value is -0.710. The lowest BCUT2D eigenvalue weighted by molar-refractivity contribution is 0.0990. The second-order valence-electron chi connectivity index (χ2n) is 2.90. The number of rotatable bonds is 1. The van der Waals surface area contributed by atoms with Gasteiger partial charge in [0.05, 0.1) is 0 Å². The van der Waals surface area contributed by atoms with E-state index in [4.69, 9.17) is 5.73 Å². The predicted molar refractivity (Wildman–Crippen MR) is 59.2 cm³/mol. The zero-order chi connectivity index (χ0) is 8.55. The first-order chi connectivity index (χ1) is 5.79. The summed E-state index contributed by atoms with van der Waals surface area (Å²) >= 11 is 0. The summed E-state index contributed by atoms with van der Waals surface area (Å²) in [4.78, 5) is 10.9. The van der Waals surface area contributed by atoms with Crippen molar-refractivity contribution in [1.29, 1.82) is 0 Å². The number of hydrogen-bond donors (Lipinski definition) is 2. The number of carbonyl (C=O) groups is 1. The number of carbonyl (C=O) groups excluding carboxylic acids is 1. The van der Waals surface area contributed by atoms with E-state index >= 15 is 0 Å². The zero-order valence-electron chi connectivity index (χ0n) is 7.53. The molecule has 0 aromatic carbocycles. The van der Waals surface area contributed by atoms with E-state index < -0.39 is 0 Å². The average molecular weight is 238 g/mol.